The summed E-state index contributed by atoms with van der Waals surface area (Å²) in [7, 11) is 1.36. The van der Waals surface area contributed by atoms with Crippen LogP contribution in [0.3, 0.4) is 0 Å². The molecule has 128 valence electrons. The second-order valence-electron chi connectivity index (χ2n) is 6.49. The highest BCUT2D eigenvalue weighted by atomic mass is 35.5. The van der Waals surface area contributed by atoms with Crippen molar-refractivity contribution in [2.45, 2.75) is 19.4 Å². The SMILES string of the molecule is COC(=O)c1cc(Cl)ccc1Nc1ccc2c(ccn2CC2CC2)c1. The topological polar surface area (TPSA) is 43.3 Å². The van der Waals surface area contributed by atoms with Crippen molar-refractivity contribution in [1.82, 2.24) is 4.57 Å². The molecular weight excluding hydrogens is 336 g/mol. The fourth-order valence-electron chi connectivity index (χ4n) is 3.08. The molecule has 0 aliphatic heterocycles. The molecule has 25 heavy (non-hydrogen) atoms. The molecule has 1 aliphatic rings. The number of anilines is 2. The Hall–Kier alpha value is -2.46. The Morgan fingerprint density at radius 1 is 1.24 bits per heavy atom. The number of fused-ring (bicyclic) bond motifs is 1. The van der Waals surface area contributed by atoms with Crippen LogP contribution in [0.1, 0.15) is 23.2 Å². The van der Waals surface area contributed by atoms with Crippen LogP contribution in [0.5, 0.6) is 0 Å². The first-order valence-electron chi connectivity index (χ1n) is 8.38. The second-order valence-corrected chi connectivity index (χ2v) is 6.93. The number of esters is 1. The Morgan fingerprint density at radius 3 is 2.84 bits per heavy atom. The quantitative estimate of drug-likeness (QED) is 0.637. The maximum absolute atomic E-state index is 12.0. The molecule has 4 rings (SSSR count). The van der Waals surface area contributed by atoms with E-state index in [0.29, 0.717) is 16.3 Å². The van der Waals surface area contributed by atoms with E-state index in [1.807, 2.05) is 6.07 Å². The Bertz CT molecular complexity index is 944. The molecule has 3 aromatic rings. The van der Waals surface area contributed by atoms with Crippen molar-refractivity contribution in [2.75, 3.05) is 12.4 Å². The van der Waals surface area contributed by atoms with Crippen LogP contribution < -0.4 is 5.32 Å². The summed E-state index contributed by atoms with van der Waals surface area (Å²) in [5.41, 5.74) is 3.25. The zero-order valence-corrected chi connectivity index (χ0v) is 14.7. The van der Waals surface area contributed by atoms with Gasteiger partial charge in [-0.05, 0) is 61.2 Å². The molecule has 0 saturated heterocycles. The molecule has 0 spiro atoms. The van der Waals surface area contributed by atoms with E-state index < -0.39 is 5.97 Å². The molecule has 1 saturated carbocycles. The average molecular weight is 355 g/mol. The van der Waals surface area contributed by atoms with E-state index in [0.717, 1.165) is 18.2 Å². The summed E-state index contributed by atoms with van der Waals surface area (Å²) in [5.74, 6) is 0.423. The smallest absolute Gasteiger partial charge is 0.340 e. The van der Waals surface area contributed by atoms with E-state index in [4.69, 9.17) is 16.3 Å². The number of ether oxygens (including phenoxy) is 1. The van der Waals surface area contributed by atoms with E-state index in [2.05, 4.69) is 34.3 Å². The minimum atomic E-state index is -0.415. The monoisotopic (exact) mass is 354 g/mol. The molecule has 4 nitrogen and oxygen atoms in total. The predicted molar refractivity (Wildman–Crippen MR) is 101 cm³/mol. The molecular formula is C20H19ClN2O2. The third-order valence-electron chi connectivity index (χ3n) is 4.59. The lowest BCUT2D eigenvalue weighted by Crippen LogP contribution is -2.05. The first kappa shape index (κ1) is 16.0. The molecule has 1 N–H and O–H groups in total. The van der Waals surface area contributed by atoms with Crippen molar-refractivity contribution in [1.29, 1.82) is 0 Å². The summed E-state index contributed by atoms with van der Waals surface area (Å²) in [4.78, 5) is 12.0. The van der Waals surface area contributed by atoms with Gasteiger partial charge in [0.25, 0.3) is 0 Å². The number of halogens is 1. The van der Waals surface area contributed by atoms with Crippen LogP contribution >= 0.6 is 11.6 Å². The van der Waals surface area contributed by atoms with Crippen LogP contribution in [0, 0.1) is 5.92 Å². The Labute approximate surface area is 151 Å². The number of carbonyl (C=O) groups is 1. The molecule has 1 aromatic heterocycles. The van der Waals surface area contributed by atoms with Gasteiger partial charge in [-0.25, -0.2) is 4.79 Å². The molecule has 0 bridgehead atoms. The van der Waals surface area contributed by atoms with Crippen LogP contribution in [-0.4, -0.2) is 17.6 Å². The number of hydrogen-bond donors (Lipinski definition) is 1. The van der Waals surface area contributed by atoms with Gasteiger partial charge in [-0.15, -0.1) is 0 Å². The van der Waals surface area contributed by atoms with Gasteiger partial charge in [0.1, 0.15) is 0 Å². The highest BCUT2D eigenvalue weighted by molar-refractivity contribution is 6.31. The van der Waals surface area contributed by atoms with Crippen molar-refractivity contribution in [3.63, 3.8) is 0 Å². The summed E-state index contributed by atoms with van der Waals surface area (Å²) in [6.07, 6.45) is 4.83. The van der Waals surface area contributed by atoms with Gasteiger partial charge in [-0.1, -0.05) is 11.6 Å². The van der Waals surface area contributed by atoms with Crippen LogP contribution in [0.2, 0.25) is 5.02 Å². The van der Waals surface area contributed by atoms with E-state index in [9.17, 15) is 4.79 Å². The van der Waals surface area contributed by atoms with Crippen molar-refractivity contribution >= 4 is 39.8 Å². The van der Waals surface area contributed by atoms with E-state index in [-0.39, 0.29) is 0 Å². The first-order valence-corrected chi connectivity index (χ1v) is 8.75. The van der Waals surface area contributed by atoms with E-state index >= 15 is 0 Å². The maximum Gasteiger partial charge on any atom is 0.340 e. The number of nitrogens with one attached hydrogen (secondary N) is 1. The molecule has 5 heteroatoms. The molecule has 0 unspecified atom stereocenters. The van der Waals surface area contributed by atoms with Crippen molar-refractivity contribution < 1.29 is 9.53 Å². The molecule has 2 aromatic carbocycles. The summed E-state index contributed by atoms with van der Waals surface area (Å²) in [6, 6.07) is 13.5. The number of benzene rings is 2. The minimum absolute atomic E-state index is 0.415. The number of hydrogen-bond acceptors (Lipinski definition) is 3. The van der Waals surface area contributed by atoms with Gasteiger partial charge in [-0.2, -0.15) is 0 Å². The van der Waals surface area contributed by atoms with Crippen LogP contribution in [0.25, 0.3) is 10.9 Å². The van der Waals surface area contributed by atoms with E-state index in [1.54, 1.807) is 18.2 Å². The minimum Gasteiger partial charge on any atom is -0.465 e. The number of nitrogens with zero attached hydrogens (tertiary/aromatic N) is 1. The third-order valence-corrected chi connectivity index (χ3v) is 4.82. The Morgan fingerprint density at radius 2 is 2.08 bits per heavy atom. The highest BCUT2D eigenvalue weighted by Gasteiger charge is 2.22. The van der Waals surface area contributed by atoms with Gasteiger partial charge in [0.15, 0.2) is 0 Å². The fourth-order valence-corrected chi connectivity index (χ4v) is 3.25. The van der Waals surface area contributed by atoms with Gasteiger partial charge < -0.3 is 14.6 Å². The molecule has 0 amide bonds. The second kappa shape index (κ2) is 6.45. The fraction of sp³-hybridized carbons (Fsp3) is 0.250. The standard InChI is InChI=1S/C20H19ClN2O2/c1-25-20(24)17-11-15(21)4-6-18(17)22-16-5-7-19-14(10-16)8-9-23(19)12-13-2-3-13/h4-11,13,22H,2-3,12H2,1H3. The normalized spacial score (nSPS) is 13.8. The van der Waals surface area contributed by atoms with Crippen molar-refractivity contribution in [2.24, 2.45) is 5.92 Å². The van der Waals surface area contributed by atoms with Crippen molar-refractivity contribution in [3.05, 3.63) is 59.2 Å². The number of rotatable bonds is 5. The maximum atomic E-state index is 12.0. The first-order chi connectivity index (χ1) is 12.1. The summed E-state index contributed by atoms with van der Waals surface area (Å²) < 4.78 is 7.16. The number of aromatic nitrogens is 1. The summed E-state index contributed by atoms with van der Waals surface area (Å²) in [5, 5.41) is 4.98. The van der Waals surface area contributed by atoms with Gasteiger partial charge in [-0.3, -0.25) is 0 Å². The van der Waals surface area contributed by atoms with Gasteiger partial charge in [0, 0.05) is 34.4 Å². The summed E-state index contributed by atoms with van der Waals surface area (Å²) in [6.45, 7) is 1.10. The van der Waals surface area contributed by atoms with Crippen LogP contribution in [0.15, 0.2) is 48.7 Å². The Balaban J connectivity index is 1.63. The zero-order chi connectivity index (χ0) is 17.4. The molecule has 0 radical (unpaired) electrons. The lowest BCUT2D eigenvalue weighted by Gasteiger charge is -2.12. The third kappa shape index (κ3) is 3.35. The zero-order valence-electron chi connectivity index (χ0n) is 14.0. The van der Waals surface area contributed by atoms with Crippen LogP contribution in [-0.2, 0) is 11.3 Å². The lowest BCUT2D eigenvalue weighted by atomic mass is 10.1. The average Bonchev–Trinajstić information content (AvgIpc) is 3.35. The highest BCUT2D eigenvalue weighted by Crippen LogP contribution is 2.33. The van der Waals surface area contributed by atoms with Crippen LogP contribution in [0.4, 0.5) is 11.4 Å². The molecule has 0 atom stereocenters. The molecule has 1 heterocycles. The van der Waals surface area contributed by atoms with E-state index in [1.165, 1.54) is 30.9 Å². The largest absolute Gasteiger partial charge is 0.465 e. The van der Waals surface area contributed by atoms with Gasteiger partial charge >= 0.3 is 5.97 Å². The number of methoxy groups -OCH3 is 1. The lowest BCUT2D eigenvalue weighted by molar-refractivity contribution is 0.0602. The molecule has 1 aliphatic carbocycles. The number of carbonyl (C=O) groups excluding carboxylic acids is 1. The van der Waals surface area contributed by atoms with Crippen molar-refractivity contribution in [3.8, 4) is 0 Å². The van der Waals surface area contributed by atoms with Gasteiger partial charge in [0.05, 0.1) is 18.4 Å². The predicted octanol–water partition coefficient (Wildman–Crippen LogP) is 5.23. The molecule has 1 fully saturated rings. The van der Waals surface area contributed by atoms with Gasteiger partial charge in [0.2, 0.25) is 0 Å². The summed E-state index contributed by atoms with van der Waals surface area (Å²) >= 11 is 6.01. The Kier molecular flexibility index (Phi) is 4.14.